The van der Waals surface area contributed by atoms with Gasteiger partial charge in [-0.25, -0.2) is 4.39 Å². The number of hydrogen-bond acceptors (Lipinski definition) is 2. The normalized spacial score (nSPS) is 48.0. The van der Waals surface area contributed by atoms with Crippen molar-refractivity contribution < 1.29 is 14.0 Å². The average molecular weight is 294 g/mol. The van der Waals surface area contributed by atoms with Crippen molar-refractivity contribution in [2.45, 2.75) is 63.1 Å². The number of halogens is 1. The van der Waals surface area contributed by atoms with E-state index in [2.05, 4.69) is 10.6 Å². The lowest BCUT2D eigenvalue weighted by Gasteiger charge is -2.58. The standard InChI is InChI=1S/C16H23FN2O2/c17-16-7-10-4-11(8-16)6-15(5-10,9-16)14(21)19-12-2-1-3-18-13(12)20/h10-12H,1-9H2,(H,18,20)(H,19,21)/t10?,11?,12-,15?,16?/m0/s1. The number of carbonyl (C=O) groups is 2. The zero-order chi connectivity index (χ0) is 14.7. The summed E-state index contributed by atoms with van der Waals surface area (Å²) in [5, 5.41) is 5.72. The SMILES string of the molecule is O=C1NCCC[C@@H]1NC(=O)C12CC3CC(CC(F)(C3)C1)C2. The molecule has 3 atom stereocenters. The van der Waals surface area contributed by atoms with Crippen molar-refractivity contribution in [2.75, 3.05) is 6.54 Å². The van der Waals surface area contributed by atoms with E-state index in [4.69, 9.17) is 0 Å². The highest BCUT2D eigenvalue weighted by Crippen LogP contribution is 2.63. The van der Waals surface area contributed by atoms with Crippen LogP contribution in [0.25, 0.3) is 0 Å². The molecule has 21 heavy (non-hydrogen) atoms. The Labute approximate surface area is 124 Å². The first-order valence-electron chi connectivity index (χ1n) is 8.26. The monoisotopic (exact) mass is 294 g/mol. The van der Waals surface area contributed by atoms with Gasteiger partial charge < -0.3 is 10.6 Å². The number of rotatable bonds is 2. The second-order valence-corrected chi connectivity index (χ2v) is 7.85. The van der Waals surface area contributed by atoms with Crippen molar-refractivity contribution in [2.24, 2.45) is 17.3 Å². The Morgan fingerprint density at radius 3 is 2.57 bits per heavy atom. The van der Waals surface area contributed by atoms with Crippen molar-refractivity contribution in [3.8, 4) is 0 Å². The summed E-state index contributed by atoms with van der Waals surface area (Å²) in [5.41, 5.74) is -1.67. The molecule has 0 radical (unpaired) electrons. The molecule has 4 nitrogen and oxygen atoms in total. The Morgan fingerprint density at radius 1 is 1.24 bits per heavy atom. The first kappa shape index (κ1) is 13.5. The third-order valence-electron chi connectivity index (χ3n) is 6.06. The molecular formula is C16H23FN2O2. The topological polar surface area (TPSA) is 58.2 Å². The second kappa shape index (κ2) is 4.43. The van der Waals surface area contributed by atoms with Gasteiger partial charge in [0.25, 0.3) is 0 Å². The van der Waals surface area contributed by atoms with Crippen molar-refractivity contribution in [1.29, 1.82) is 0 Å². The number of alkyl halides is 1. The molecule has 2 amide bonds. The minimum absolute atomic E-state index is 0.0688. The largest absolute Gasteiger partial charge is 0.354 e. The lowest BCUT2D eigenvalue weighted by Crippen LogP contribution is -2.61. The number of amides is 2. The van der Waals surface area contributed by atoms with Gasteiger partial charge in [0.15, 0.2) is 0 Å². The number of carbonyl (C=O) groups excluding carboxylic acids is 2. The summed E-state index contributed by atoms with van der Waals surface area (Å²) >= 11 is 0. The van der Waals surface area contributed by atoms with Crippen molar-refractivity contribution in [3.05, 3.63) is 0 Å². The van der Waals surface area contributed by atoms with Crippen LogP contribution >= 0.6 is 0 Å². The maximum Gasteiger partial charge on any atom is 0.242 e. The van der Waals surface area contributed by atoms with Crippen LogP contribution in [0.1, 0.15) is 51.4 Å². The maximum absolute atomic E-state index is 14.9. The van der Waals surface area contributed by atoms with Crippen molar-refractivity contribution in [3.63, 3.8) is 0 Å². The van der Waals surface area contributed by atoms with Gasteiger partial charge in [0.2, 0.25) is 11.8 Å². The molecular weight excluding hydrogens is 271 g/mol. The fourth-order valence-corrected chi connectivity index (χ4v) is 5.64. The van der Waals surface area contributed by atoms with E-state index in [-0.39, 0.29) is 11.8 Å². The van der Waals surface area contributed by atoms with Crippen LogP contribution in [0.5, 0.6) is 0 Å². The van der Waals surface area contributed by atoms with E-state index in [9.17, 15) is 14.0 Å². The van der Waals surface area contributed by atoms with Gasteiger partial charge in [0.1, 0.15) is 11.7 Å². The number of nitrogens with one attached hydrogen (secondary N) is 2. The van der Waals surface area contributed by atoms with Gasteiger partial charge in [-0.05, 0) is 63.2 Å². The highest BCUT2D eigenvalue weighted by Gasteiger charge is 2.61. The van der Waals surface area contributed by atoms with Gasteiger partial charge in [0.05, 0.1) is 5.41 Å². The molecule has 4 saturated carbocycles. The van der Waals surface area contributed by atoms with E-state index in [1.807, 2.05) is 0 Å². The van der Waals surface area contributed by atoms with Crippen molar-refractivity contribution >= 4 is 11.8 Å². The molecule has 0 aromatic rings. The molecule has 4 aliphatic carbocycles. The van der Waals surface area contributed by atoms with E-state index < -0.39 is 17.1 Å². The van der Waals surface area contributed by atoms with Crippen LogP contribution in [-0.2, 0) is 9.59 Å². The quantitative estimate of drug-likeness (QED) is 0.814. The number of hydrogen-bond donors (Lipinski definition) is 2. The molecule has 5 fully saturated rings. The van der Waals surface area contributed by atoms with Crippen molar-refractivity contribution in [1.82, 2.24) is 10.6 Å². The van der Waals surface area contributed by atoms with Gasteiger partial charge in [-0.2, -0.15) is 0 Å². The molecule has 2 unspecified atom stereocenters. The summed E-state index contributed by atoms with van der Waals surface area (Å²) < 4.78 is 14.9. The van der Waals surface area contributed by atoms with Gasteiger partial charge in [-0.3, -0.25) is 9.59 Å². The molecule has 5 rings (SSSR count). The Hall–Kier alpha value is -1.13. The lowest BCUT2D eigenvalue weighted by molar-refractivity contribution is -0.162. The predicted molar refractivity (Wildman–Crippen MR) is 75.1 cm³/mol. The summed E-state index contributed by atoms with van der Waals surface area (Å²) in [6.07, 6.45) is 5.95. The molecule has 0 aromatic carbocycles. The summed E-state index contributed by atoms with van der Waals surface area (Å²) in [4.78, 5) is 24.6. The molecule has 116 valence electrons. The highest BCUT2D eigenvalue weighted by molar-refractivity contribution is 5.90. The summed E-state index contributed by atoms with van der Waals surface area (Å²) in [6.45, 7) is 0.689. The van der Waals surface area contributed by atoms with Gasteiger partial charge in [-0.15, -0.1) is 0 Å². The fourth-order valence-electron chi connectivity index (χ4n) is 5.64. The Balaban J connectivity index is 1.52. The van der Waals surface area contributed by atoms with Crippen LogP contribution in [-0.4, -0.2) is 30.1 Å². The van der Waals surface area contributed by atoms with Crippen LogP contribution < -0.4 is 10.6 Å². The van der Waals surface area contributed by atoms with Gasteiger partial charge in [0, 0.05) is 6.54 Å². The molecule has 1 aliphatic heterocycles. The first-order chi connectivity index (χ1) is 9.98. The minimum Gasteiger partial charge on any atom is -0.354 e. The Morgan fingerprint density at radius 2 is 1.95 bits per heavy atom. The molecule has 5 aliphatic rings. The molecule has 2 N–H and O–H groups in total. The molecule has 1 heterocycles. The fraction of sp³-hybridized carbons (Fsp3) is 0.875. The van der Waals surface area contributed by atoms with E-state index in [0.717, 1.165) is 25.7 Å². The second-order valence-electron chi connectivity index (χ2n) is 7.85. The average Bonchev–Trinajstić information content (AvgIpc) is 2.38. The van der Waals surface area contributed by atoms with Gasteiger partial charge >= 0.3 is 0 Å². The van der Waals surface area contributed by atoms with Crippen LogP contribution in [0.4, 0.5) is 4.39 Å². The smallest absolute Gasteiger partial charge is 0.242 e. The molecule has 5 heteroatoms. The third kappa shape index (κ3) is 2.16. The first-order valence-corrected chi connectivity index (χ1v) is 8.26. The lowest BCUT2D eigenvalue weighted by atomic mass is 9.48. The summed E-state index contributed by atoms with van der Waals surface area (Å²) in [5.74, 6) is 0.569. The van der Waals surface area contributed by atoms with Gasteiger partial charge in [-0.1, -0.05) is 0 Å². The zero-order valence-electron chi connectivity index (χ0n) is 12.3. The number of piperidine rings is 1. The minimum atomic E-state index is -1.13. The molecule has 1 saturated heterocycles. The van der Waals surface area contributed by atoms with E-state index in [1.165, 1.54) is 0 Å². The van der Waals surface area contributed by atoms with E-state index >= 15 is 0 Å². The van der Waals surface area contributed by atoms with Crippen LogP contribution in [0, 0.1) is 17.3 Å². The Kier molecular flexibility index (Phi) is 2.86. The molecule has 4 bridgehead atoms. The van der Waals surface area contributed by atoms with E-state index in [0.29, 0.717) is 44.1 Å². The van der Waals surface area contributed by atoms with E-state index in [1.54, 1.807) is 0 Å². The maximum atomic E-state index is 14.9. The summed E-state index contributed by atoms with van der Waals surface area (Å²) in [6, 6.07) is -0.421. The van der Waals surface area contributed by atoms with Crippen LogP contribution in [0.3, 0.4) is 0 Å². The third-order valence-corrected chi connectivity index (χ3v) is 6.06. The van der Waals surface area contributed by atoms with Crippen LogP contribution in [0.15, 0.2) is 0 Å². The predicted octanol–water partition coefficient (Wildman–Crippen LogP) is 1.69. The summed E-state index contributed by atoms with van der Waals surface area (Å²) in [7, 11) is 0. The zero-order valence-corrected chi connectivity index (χ0v) is 12.3. The molecule has 0 spiro atoms. The van der Waals surface area contributed by atoms with Crippen LogP contribution in [0.2, 0.25) is 0 Å². The highest BCUT2D eigenvalue weighted by atomic mass is 19.1. The molecule has 0 aromatic heterocycles. The Bertz CT molecular complexity index is 479.